The summed E-state index contributed by atoms with van der Waals surface area (Å²) in [6, 6.07) is 3.91. The van der Waals surface area contributed by atoms with E-state index in [1.807, 2.05) is 18.3 Å². The number of aromatic nitrogens is 1. The molecule has 15 heavy (non-hydrogen) atoms. The summed E-state index contributed by atoms with van der Waals surface area (Å²) in [5.41, 5.74) is 1.15. The van der Waals surface area contributed by atoms with Crippen molar-refractivity contribution in [1.29, 1.82) is 0 Å². The molecule has 1 N–H and O–H groups in total. The number of unbranched alkanes of at least 4 members (excludes halogenated alkanes) is 1. The second-order valence-electron chi connectivity index (χ2n) is 3.75. The predicted molar refractivity (Wildman–Crippen MR) is 58.0 cm³/mol. The van der Waals surface area contributed by atoms with Crippen molar-refractivity contribution in [1.82, 2.24) is 4.98 Å². The van der Waals surface area contributed by atoms with Gasteiger partial charge in [0, 0.05) is 12.4 Å². The molecule has 0 fully saturated rings. The smallest absolute Gasteiger partial charge is 0.0822 e. The fourth-order valence-electron chi connectivity index (χ4n) is 1.51. The predicted octanol–water partition coefficient (Wildman–Crippen LogP) is 1.98. The first-order chi connectivity index (χ1) is 7.33. The fourth-order valence-corrected chi connectivity index (χ4v) is 1.51. The van der Waals surface area contributed by atoms with Gasteiger partial charge in [-0.2, -0.15) is 0 Å². The zero-order chi connectivity index (χ0) is 10.9. The molecule has 0 spiro atoms. The second kappa shape index (κ2) is 7.37. The molecule has 0 aliphatic heterocycles. The van der Waals surface area contributed by atoms with Gasteiger partial charge in [0.05, 0.1) is 12.7 Å². The lowest BCUT2D eigenvalue weighted by molar-refractivity contribution is 0.140. The van der Waals surface area contributed by atoms with E-state index in [1.165, 1.54) is 0 Å². The molecule has 0 aliphatic carbocycles. The van der Waals surface area contributed by atoms with Gasteiger partial charge in [-0.05, 0) is 43.7 Å². The van der Waals surface area contributed by atoms with E-state index in [0.29, 0.717) is 6.42 Å². The third-order valence-corrected chi connectivity index (χ3v) is 2.42. The van der Waals surface area contributed by atoms with Crippen LogP contribution in [-0.2, 0) is 11.5 Å². The number of aliphatic hydroxyl groups is 1. The standard InChI is InChI=1S/C12H18NO2/c14-9-2-1-5-12(15)7-6-11-4-3-8-13-10-11/h3-4,8,10,12,15H,1-2,5-7,9H2. The fraction of sp³-hybridized carbons (Fsp3) is 0.583. The van der Waals surface area contributed by atoms with Gasteiger partial charge in [0.25, 0.3) is 0 Å². The molecule has 1 radical (unpaired) electrons. The maximum Gasteiger partial charge on any atom is 0.0822 e. The maximum atomic E-state index is 10.2. The minimum Gasteiger partial charge on any atom is -0.393 e. The Morgan fingerprint density at radius 3 is 2.87 bits per heavy atom. The molecule has 0 amide bonds. The van der Waals surface area contributed by atoms with Gasteiger partial charge in [-0.15, -0.1) is 0 Å². The topological polar surface area (TPSA) is 53.0 Å². The van der Waals surface area contributed by atoms with Crippen LogP contribution in [0.3, 0.4) is 0 Å². The molecule has 0 bridgehead atoms. The Balaban J connectivity index is 2.14. The van der Waals surface area contributed by atoms with Crippen molar-refractivity contribution in [3.63, 3.8) is 0 Å². The first kappa shape index (κ1) is 12.1. The van der Waals surface area contributed by atoms with Crippen molar-refractivity contribution in [3.8, 4) is 0 Å². The highest BCUT2D eigenvalue weighted by Gasteiger charge is 2.04. The van der Waals surface area contributed by atoms with Crippen LogP contribution in [0.4, 0.5) is 0 Å². The first-order valence-electron chi connectivity index (χ1n) is 5.48. The summed E-state index contributed by atoms with van der Waals surface area (Å²) in [5, 5.41) is 19.8. The molecular formula is C12H18NO2. The summed E-state index contributed by atoms with van der Waals surface area (Å²) >= 11 is 0. The summed E-state index contributed by atoms with van der Waals surface area (Å²) in [6.45, 7) is -0.0324. The lowest BCUT2D eigenvalue weighted by Gasteiger charge is -2.09. The summed E-state index contributed by atoms with van der Waals surface area (Å²) in [5.74, 6) is 0. The highest BCUT2D eigenvalue weighted by Crippen LogP contribution is 2.08. The molecule has 83 valence electrons. The van der Waals surface area contributed by atoms with Crippen LogP contribution in [-0.4, -0.2) is 22.8 Å². The molecule has 3 nitrogen and oxygen atoms in total. The average Bonchev–Trinajstić information content (AvgIpc) is 2.28. The van der Waals surface area contributed by atoms with E-state index in [0.717, 1.165) is 31.2 Å². The minimum absolute atomic E-state index is 0.0324. The van der Waals surface area contributed by atoms with Gasteiger partial charge in [-0.25, -0.2) is 5.11 Å². The summed E-state index contributed by atoms with van der Waals surface area (Å²) in [4.78, 5) is 4.02. The number of pyridine rings is 1. The Morgan fingerprint density at radius 2 is 2.20 bits per heavy atom. The molecule has 1 rings (SSSR count). The van der Waals surface area contributed by atoms with Gasteiger partial charge in [0.2, 0.25) is 0 Å². The zero-order valence-electron chi connectivity index (χ0n) is 8.93. The third-order valence-electron chi connectivity index (χ3n) is 2.42. The van der Waals surface area contributed by atoms with Gasteiger partial charge >= 0.3 is 0 Å². The molecule has 1 aromatic rings. The van der Waals surface area contributed by atoms with E-state index < -0.39 is 0 Å². The van der Waals surface area contributed by atoms with E-state index in [2.05, 4.69) is 4.98 Å². The highest BCUT2D eigenvalue weighted by molar-refractivity contribution is 5.08. The van der Waals surface area contributed by atoms with Crippen molar-refractivity contribution in [2.45, 2.75) is 38.2 Å². The molecule has 0 saturated carbocycles. The van der Waals surface area contributed by atoms with Crippen LogP contribution in [0.2, 0.25) is 0 Å². The van der Waals surface area contributed by atoms with Crippen LogP contribution < -0.4 is 0 Å². The van der Waals surface area contributed by atoms with Crippen LogP contribution in [0.1, 0.15) is 31.2 Å². The monoisotopic (exact) mass is 208 g/mol. The number of hydrogen-bond donors (Lipinski definition) is 1. The Bertz CT molecular complexity index is 251. The summed E-state index contributed by atoms with van der Waals surface area (Å²) in [6.07, 6.45) is 7.14. The van der Waals surface area contributed by atoms with Crippen LogP contribution in [0.25, 0.3) is 0 Å². The van der Waals surface area contributed by atoms with Crippen molar-refractivity contribution < 1.29 is 10.2 Å². The summed E-state index contributed by atoms with van der Waals surface area (Å²) < 4.78 is 0. The molecule has 3 heteroatoms. The van der Waals surface area contributed by atoms with Crippen LogP contribution in [0.5, 0.6) is 0 Å². The van der Waals surface area contributed by atoms with Gasteiger partial charge < -0.3 is 5.11 Å². The lowest BCUT2D eigenvalue weighted by Crippen LogP contribution is -2.08. The third kappa shape index (κ3) is 5.50. The van der Waals surface area contributed by atoms with E-state index in [4.69, 9.17) is 0 Å². The zero-order valence-corrected chi connectivity index (χ0v) is 8.93. The molecule has 0 saturated heterocycles. The number of nitrogens with zero attached hydrogens (tertiary/aromatic N) is 1. The van der Waals surface area contributed by atoms with Crippen molar-refractivity contribution >= 4 is 0 Å². The maximum absolute atomic E-state index is 10.2. The van der Waals surface area contributed by atoms with E-state index in [9.17, 15) is 10.2 Å². The second-order valence-corrected chi connectivity index (χ2v) is 3.75. The number of aliphatic hydroxyl groups excluding tert-OH is 1. The van der Waals surface area contributed by atoms with Crippen LogP contribution in [0, 0.1) is 0 Å². The van der Waals surface area contributed by atoms with Gasteiger partial charge in [-0.3, -0.25) is 4.98 Å². The molecule has 1 atom stereocenters. The van der Waals surface area contributed by atoms with Gasteiger partial charge in [0.15, 0.2) is 0 Å². The highest BCUT2D eigenvalue weighted by atomic mass is 16.3. The number of aryl methyl sites for hydroxylation is 1. The van der Waals surface area contributed by atoms with Crippen molar-refractivity contribution in [2.75, 3.05) is 6.61 Å². The van der Waals surface area contributed by atoms with E-state index in [-0.39, 0.29) is 12.7 Å². The Morgan fingerprint density at radius 1 is 1.33 bits per heavy atom. The SMILES string of the molecule is [O]CCCCC(O)CCc1cccnc1. The van der Waals surface area contributed by atoms with Crippen LogP contribution in [0.15, 0.2) is 24.5 Å². The Kier molecular flexibility index (Phi) is 5.97. The molecule has 0 aliphatic rings. The van der Waals surface area contributed by atoms with Crippen molar-refractivity contribution in [3.05, 3.63) is 30.1 Å². The quantitative estimate of drug-likeness (QED) is 0.696. The van der Waals surface area contributed by atoms with Gasteiger partial charge in [-0.1, -0.05) is 6.07 Å². The van der Waals surface area contributed by atoms with Gasteiger partial charge in [0.1, 0.15) is 0 Å². The van der Waals surface area contributed by atoms with Crippen molar-refractivity contribution in [2.24, 2.45) is 0 Å². The Hall–Kier alpha value is -0.930. The average molecular weight is 208 g/mol. The number of rotatable bonds is 7. The van der Waals surface area contributed by atoms with E-state index in [1.54, 1.807) is 6.20 Å². The molecule has 1 unspecified atom stereocenters. The Labute approximate surface area is 90.8 Å². The number of hydrogen-bond acceptors (Lipinski definition) is 2. The molecule has 1 heterocycles. The lowest BCUT2D eigenvalue weighted by atomic mass is 10.0. The molecule has 1 aromatic heterocycles. The molecule has 0 aromatic carbocycles. The normalized spacial score (nSPS) is 12.7. The minimum atomic E-state index is -0.281. The largest absolute Gasteiger partial charge is 0.393 e. The first-order valence-corrected chi connectivity index (χ1v) is 5.48. The van der Waals surface area contributed by atoms with E-state index >= 15 is 0 Å². The van der Waals surface area contributed by atoms with Crippen LogP contribution >= 0.6 is 0 Å². The summed E-state index contributed by atoms with van der Waals surface area (Å²) in [7, 11) is 0. The molecular weight excluding hydrogens is 190 g/mol.